The Hall–Kier alpha value is -2.44. The van der Waals surface area contributed by atoms with Gasteiger partial charge >= 0.3 is 0 Å². The van der Waals surface area contributed by atoms with Crippen LogP contribution in [-0.4, -0.2) is 34.4 Å². The number of carbonyl (C=O) groups is 1. The van der Waals surface area contributed by atoms with Gasteiger partial charge in [0.05, 0.1) is 11.9 Å². The smallest absolute Gasteiger partial charge is 0.277 e. The quantitative estimate of drug-likeness (QED) is 0.895. The van der Waals surface area contributed by atoms with Crippen LogP contribution in [0.25, 0.3) is 0 Å². The number of benzene rings is 1. The minimum atomic E-state index is -0.424. The molecule has 1 aliphatic rings. The Bertz CT molecular complexity index is 607. The zero-order valence-corrected chi connectivity index (χ0v) is 10.8. The molecule has 1 aromatic heterocycles. The molecule has 0 bridgehead atoms. The Kier molecular flexibility index (Phi) is 3.32. The summed E-state index contributed by atoms with van der Waals surface area (Å²) in [6.45, 7) is 1.75. The van der Waals surface area contributed by atoms with Gasteiger partial charge in [-0.25, -0.2) is 4.39 Å². The minimum absolute atomic E-state index is 0.161. The molecule has 1 saturated heterocycles. The molecule has 20 heavy (non-hydrogen) atoms. The van der Waals surface area contributed by atoms with E-state index in [1.54, 1.807) is 12.1 Å². The SMILES string of the molecule is O=C(Nc1ccc(N2CCCC2)c(F)c1)c1cn[nH]n1. The molecule has 7 heteroatoms. The van der Waals surface area contributed by atoms with Crippen LogP contribution >= 0.6 is 0 Å². The van der Waals surface area contributed by atoms with Crippen molar-refractivity contribution in [2.75, 3.05) is 23.3 Å². The first-order valence-corrected chi connectivity index (χ1v) is 6.45. The van der Waals surface area contributed by atoms with E-state index in [9.17, 15) is 9.18 Å². The monoisotopic (exact) mass is 275 g/mol. The summed E-state index contributed by atoms with van der Waals surface area (Å²) in [7, 11) is 0. The highest BCUT2D eigenvalue weighted by Crippen LogP contribution is 2.26. The van der Waals surface area contributed by atoms with Crippen LogP contribution in [0.4, 0.5) is 15.8 Å². The van der Waals surface area contributed by atoms with E-state index in [1.807, 2.05) is 4.90 Å². The summed E-state index contributed by atoms with van der Waals surface area (Å²) in [5.41, 5.74) is 1.15. The van der Waals surface area contributed by atoms with Crippen LogP contribution in [0.1, 0.15) is 23.3 Å². The number of hydrogen-bond donors (Lipinski definition) is 2. The molecule has 1 aliphatic heterocycles. The van der Waals surface area contributed by atoms with E-state index in [2.05, 4.69) is 20.7 Å². The normalized spacial score (nSPS) is 14.6. The number of H-pyrrole nitrogens is 1. The second kappa shape index (κ2) is 5.28. The highest BCUT2D eigenvalue weighted by atomic mass is 19.1. The Morgan fingerprint density at radius 1 is 1.35 bits per heavy atom. The van der Waals surface area contributed by atoms with Gasteiger partial charge in [-0.05, 0) is 31.0 Å². The zero-order valence-electron chi connectivity index (χ0n) is 10.8. The number of hydrogen-bond acceptors (Lipinski definition) is 4. The van der Waals surface area contributed by atoms with Crippen molar-refractivity contribution in [2.24, 2.45) is 0 Å². The lowest BCUT2D eigenvalue weighted by Crippen LogP contribution is -2.19. The molecule has 1 aromatic carbocycles. The van der Waals surface area contributed by atoms with Gasteiger partial charge in [0, 0.05) is 18.8 Å². The molecule has 1 fully saturated rings. The molecule has 2 heterocycles. The summed E-state index contributed by atoms with van der Waals surface area (Å²) < 4.78 is 14.1. The van der Waals surface area contributed by atoms with Gasteiger partial charge in [-0.15, -0.1) is 0 Å². The molecular weight excluding hydrogens is 261 g/mol. The van der Waals surface area contributed by atoms with E-state index in [4.69, 9.17) is 0 Å². The largest absolute Gasteiger partial charge is 0.369 e. The van der Waals surface area contributed by atoms with Crippen molar-refractivity contribution in [1.29, 1.82) is 0 Å². The molecule has 0 aliphatic carbocycles. The Morgan fingerprint density at radius 2 is 2.15 bits per heavy atom. The summed E-state index contributed by atoms with van der Waals surface area (Å²) in [6.07, 6.45) is 3.48. The molecule has 6 nitrogen and oxygen atoms in total. The van der Waals surface area contributed by atoms with Gasteiger partial charge in [-0.1, -0.05) is 0 Å². The number of halogens is 1. The third-order valence-electron chi connectivity index (χ3n) is 3.30. The van der Waals surface area contributed by atoms with Crippen LogP contribution in [0.15, 0.2) is 24.4 Å². The maximum absolute atomic E-state index is 14.1. The number of anilines is 2. The third kappa shape index (κ3) is 2.47. The highest BCUT2D eigenvalue weighted by Gasteiger charge is 2.17. The van der Waals surface area contributed by atoms with Crippen LogP contribution < -0.4 is 10.2 Å². The van der Waals surface area contributed by atoms with Crippen LogP contribution in [-0.2, 0) is 0 Å². The van der Waals surface area contributed by atoms with E-state index in [0.29, 0.717) is 11.4 Å². The molecule has 0 unspecified atom stereocenters. The first kappa shape index (κ1) is 12.6. The number of amides is 1. The minimum Gasteiger partial charge on any atom is -0.369 e. The first-order chi connectivity index (χ1) is 9.74. The second-order valence-corrected chi connectivity index (χ2v) is 4.67. The van der Waals surface area contributed by atoms with E-state index in [-0.39, 0.29) is 11.5 Å². The van der Waals surface area contributed by atoms with E-state index >= 15 is 0 Å². The molecule has 104 valence electrons. The fraction of sp³-hybridized carbons (Fsp3) is 0.308. The average Bonchev–Trinajstić information content (AvgIpc) is 3.12. The molecule has 0 spiro atoms. The predicted molar refractivity (Wildman–Crippen MR) is 72.2 cm³/mol. The average molecular weight is 275 g/mol. The van der Waals surface area contributed by atoms with E-state index in [1.165, 1.54) is 12.3 Å². The highest BCUT2D eigenvalue weighted by molar-refractivity contribution is 6.02. The lowest BCUT2D eigenvalue weighted by atomic mass is 10.2. The van der Waals surface area contributed by atoms with Crippen molar-refractivity contribution >= 4 is 17.3 Å². The fourth-order valence-electron chi connectivity index (χ4n) is 2.31. The lowest BCUT2D eigenvalue weighted by molar-refractivity contribution is 0.102. The van der Waals surface area contributed by atoms with Crippen molar-refractivity contribution in [1.82, 2.24) is 15.4 Å². The van der Waals surface area contributed by atoms with Crippen molar-refractivity contribution in [3.63, 3.8) is 0 Å². The predicted octanol–water partition coefficient (Wildman–Crippen LogP) is 1.80. The summed E-state index contributed by atoms with van der Waals surface area (Å²) in [6, 6.07) is 4.71. The third-order valence-corrected chi connectivity index (χ3v) is 3.30. The molecule has 0 atom stereocenters. The van der Waals surface area contributed by atoms with Gasteiger partial charge in [-0.2, -0.15) is 15.4 Å². The van der Waals surface area contributed by atoms with Crippen LogP contribution in [0.5, 0.6) is 0 Å². The number of aromatic nitrogens is 3. The van der Waals surface area contributed by atoms with Crippen LogP contribution in [0, 0.1) is 5.82 Å². The molecule has 0 saturated carbocycles. The molecule has 0 radical (unpaired) electrons. The van der Waals surface area contributed by atoms with Crippen molar-refractivity contribution in [3.05, 3.63) is 35.9 Å². The number of rotatable bonds is 3. The maximum Gasteiger partial charge on any atom is 0.277 e. The van der Waals surface area contributed by atoms with Crippen molar-refractivity contribution in [3.8, 4) is 0 Å². The van der Waals surface area contributed by atoms with Crippen LogP contribution in [0.3, 0.4) is 0 Å². The Morgan fingerprint density at radius 3 is 2.80 bits per heavy atom. The number of nitrogens with zero attached hydrogens (tertiary/aromatic N) is 3. The van der Waals surface area contributed by atoms with Gasteiger partial charge < -0.3 is 10.2 Å². The summed E-state index contributed by atoms with van der Waals surface area (Å²) in [5.74, 6) is -0.753. The topological polar surface area (TPSA) is 73.9 Å². The van der Waals surface area contributed by atoms with E-state index < -0.39 is 5.91 Å². The molecule has 2 aromatic rings. The Balaban J connectivity index is 1.75. The number of nitrogens with one attached hydrogen (secondary N) is 2. The van der Waals surface area contributed by atoms with Gasteiger partial charge in [0.25, 0.3) is 5.91 Å². The zero-order chi connectivity index (χ0) is 13.9. The second-order valence-electron chi connectivity index (χ2n) is 4.67. The summed E-state index contributed by atoms with van der Waals surface area (Å²) in [4.78, 5) is 13.8. The standard InChI is InChI=1S/C13H14FN5O/c14-10-7-9(16-13(20)11-8-15-18-17-11)3-4-12(10)19-5-1-2-6-19/h3-4,7-8H,1-2,5-6H2,(H,16,20)(H,15,17,18). The van der Waals surface area contributed by atoms with Crippen LogP contribution in [0.2, 0.25) is 0 Å². The Labute approximate surface area is 115 Å². The summed E-state index contributed by atoms with van der Waals surface area (Å²) in [5, 5.41) is 12.2. The summed E-state index contributed by atoms with van der Waals surface area (Å²) >= 11 is 0. The first-order valence-electron chi connectivity index (χ1n) is 6.45. The fourth-order valence-corrected chi connectivity index (χ4v) is 2.31. The molecule has 1 amide bonds. The van der Waals surface area contributed by atoms with Gasteiger partial charge in [0.2, 0.25) is 0 Å². The van der Waals surface area contributed by atoms with Crippen molar-refractivity contribution < 1.29 is 9.18 Å². The van der Waals surface area contributed by atoms with Gasteiger partial charge in [-0.3, -0.25) is 4.79 Å². The number of carbonyl (C=O) groups excluding carboxylic acids is 1. The maximum atomic E-state index is 14.1. The van der Waals surface area contributed by atoms with Gasteiger partial charge in [0.15, 0.2) is 5.69 Å². The molecule has 2 N–H and O–H groups in total. The van der Waals surface area contributed by atoms with Crippen molar-refractivity contribution in [2.45, 2.75) is 12.8 Å². The number of aromatic amines is 1. The lowest BCUT2D eigenvalue weighted by Gasteiger charge is -2.18. The molecule has 3 rings (SSSR count). The van der Waals surface area contributed by atoms with E-state index in [0.717, 1.165) is 25.9 Å². The molecular formula is C13H14FN5O. The van der Waals surface area contributed by atoms with Gasteiger partial charge in [0.1, 0.15) is 5.82 Å².